The third-order valence-corrected chi connectivity index (χ3v) is 6.82. The van der Waals surface area contributed by atoms with Crippen LogP contribution in [0.5, 0.6) is 0 Å². The van der Waals surface area contributed by atoms with Crippen LogP contribution in [0.4, 0.5) is 0 Å². The van der Waals surface area contributed by atoms with E-state index in [1.54, 1.807) is 0 Å². The average Bonchev–Trinajstić information content (AvgIpc) is 2.79. The summed E-state index contributed by atoms with van der Waals surface area (Å²) >= 11 is 6.08. The molecule has 0 saturated carbocycles. The van der Waals surface area contributed by atoms with Crippen LogP contribution < -0.4 is 0 Å². The lowest BCUT2D eigenvalue weighted by atomic mass is 9.78. The third kappa shape index (κ3) is 4.38. The van der Waals surface area contributed by atoms with Gasteiger partial charge in [-0.05, 0) is 57.6 Å². The van der Waals surface area contributed by atoms with Crippen LogP contribution in [-0.2, 0) is 0 Å². The normalized spacial score (nSPS) is 16.0. The lowest BCUT2D eigenvalue weighted by Crippen LogP contribution is -2.48. The fraction of sp³-hybridized carbons (Fsp3) is 0.385. The molecular weight excluding hydrogens is 422 g/mol. The summed E-state index contributed by atoms with van der Waals surface area (Å²) in [7, 11) is 4.05. The predicted octanol–water partition coefficient (Wildman–Crippen LogP) is 4.64. The highest BCUT2D eigenvalue weighted by Crippen LogP contribution is 2.35. The number of halogens is 1. The van der Waals surface area contributed by atoms with E-state index >= 15 is 0 Å². The lowest BCUT2D eigenvalue weighted by molar-refractivity contribution is 0.0223. The lowest BCUT2D eigenvalue weighted by Gasteiger charge is -2.42. The van der Waals surface area contributed by atoms with Crippen molar-refractivity contribution in [2.24, 2.45) is 5.41 Å². The number of benzene rings is 2. The Labute approximate surface area is 194 Å². The molecule has 32 heavy (non-hydrogen) atoms. The van der Waals surface area contributed by atoms with Crippen LogP contribution >= 0.6 is 11.6 Å². The summed E-state index contributed by atoms with van der Waals surface area (Å²) in [6.45, 7) is 4.22. The Morgan fingerprint density at radius 2 is 1.78 bits per heavy atom. The van der Waals surface area contributed by atoms with Crippen molar-refractivity contribution in [2.75, 3.05) is 40.3 Å². The summed E-state index contributed by atoms with van der Waals surface area (Å²) in [5.41, 5.74) is 3.99. The molecule has 3 aromatic rings. The highest BCUT2D eigenvalue weighted by atomic mass is 35.5. The number of hydrogen-bond acceptors (Lipinski definition) is 4. The molecule has 168 valence electrons. The molecule has 1 amide bonds. The highest BCUT2D eigenvalue weighted by Gasteiger charge is 2.36. The number of fused-ring (bicyclic) bond motifs is 1. The van der Waals surface area contributed by atoms with Gasteiger partial charge in [-0.25, -0.2) is 4.98 Å². The third-order valence-electron chi connectivity index (χ3n) is 6.57. The number of rotatable bonds is 5. The molecule has 0 bridgehead atoms. The van der Waals surface area contributed by atoms with E-state index in [9.17, 15) is 9.90 Å². The Morgan fingerprint density at radius 3 is 2.41 bits per heavy atom. The van der Waals surface area contributed by atoms with E-state index in [-0.39, 0.29) is 17.9 Å². The van der Waals surface area contributed by atoms with Crippen molar-refractivity contribution in [3.63, 3.8) is 0 Å². The maximum Gasteiger partial charge on any atom is 0.254 e. The molecule has 0 atom stereocenters. The molecule has 1 saturated heterocycles. The van der Waals surface area contributed by atoms with Crippen LogP contribution in [0, 0.1) is 12.3 Å². The second-order valence-electron chi connectivity index (χ2n) is 9.17. The van der Waals surface area contributed by atoms with Crippen molar-refractivity contribution in [3.05, 3.63) is 64.7 Å². The average molecular weight is 452 g/mol. The smallest absolute Gasteiger partial charge is 0.254 e. The second-order valence-corrected chi connectivity index (χ2v) is 9.61. The van der Waals surface area contributed by atoms with Gasteiger partial charge in [0, 0.05) is 41.0 Å². The van der Waals surface area contributed by atoms with E-state index in [1.165, 1.54) is 0 Å². The van der Waals surface area contributed by atoms with E-state index < -0.39 is 0 Å². The van der Waals surface area contributed by atoms with Crippen molar-refractivity contribution in [1.29, 1.82) is 0 Å². The van der Waals surface area contributed by atoms with Gasteiger partial charge in [0.15, 0.2) is 0 Å². The van der Waals surface area contributed by atoms with Crippen molar-refractivity contribution in [2.45, 2.75) is 19.8 Å². The number of pyridine rings is 1. The molecule has 0 radical (unpaired) electrons. The van der Waals surface area contributed by atoms with Crippen molar-refractivity contribution in [3.8, 4) is 11.3 Å². The van der Waals surface area contributed by atoms with Crippen LogP contribution in [0.2, 0.25) is 5.02 Å². The number of carbonyl (C=O) groups excluding carboxylic acids is 1. The Balaban J connectivity index is 1.71. The largest absolute Gasteiger partial charge is 0.396 e. The van der Waals surface area contributed by atoms with Gasteiger partial charge in [0.2, 0.25) is 0 Å². The molecule has 0 aliphatic carbocycles. The molecule has 2 heterocycles. The highest BCUT2D eigenvalue weighted by molar-refractivity contribution is 6.30. The van der Waals surface area contributed by atoms with Crippen molar-refractivity contribution < 1.29 is 9.90 Å². The zero-order valence-electron chi connectivity index (χ0n) is 18.9. The van der Waals surface area contributed by atoms with E-state index in [1.807, 2.05) is 74.4 Å². The van der Waals surface area contributed by atoms with Gasteiger partial charge >= 0.3 is 0 Å². The number of nitrogens with zero attached hydrogens (tertiary/aromatic N) is 3. The van der Waals surface area contributed by atoms with Gasteiger partial charge in [-0.3, -0.25) is 4.79 Å². The summed E-state index contributed by atoms with van der Waals surface area (Å²) in [5.74, 6) is 0.0349. The first-order chi connectivity index (χ1) is 15.3. The second kappa shape index (κ2) is 9.18. The van der Waals surface area contributed by atoms with Crippen molar-refractivity contribution in [1.82, 2.24) is 14.8 Å². The van der Waals surface area contributed by atoms with E-state index in [2.05, 4.69) is 4.90 Å². The molecule has 4 rings (SSSR count). The SMILES string of the molecule is Cc1c(-c2ccc(Cl)cc2)nc2ccccc2c1C(=O)N1CCC(CO)(CN(C)C)CC1. The zero-order valence-corrected chi connectivity index (χ0v) is 19.7. The summed E-state index contributed by atoms with van der Waals surface area (Å²) in [6, 6.07) is 15.4. The maximum atomic E-state index is 13.8. The quantitative estimate of drug-likeness (QED) is 0.614. The van der Waals surface area contributed by atoms with E-state index in [0.717, 1.165) is 47.1 Å². The van der Waals surface area contributed by atoms with Gasteiger partial charge in [0.05, 0.1) is 23.4 Å². The van der Waals surface area contributed by atoms with Gasteiger partial charge in [-0.2, -0.15) is 0 Å². The molecule has 1 aromatic heterocycles. The minimum Gasteiger partial charge on any atom is -0.396 e. The number of amides is 1. The number of carbonyl (C=O) groups is 1. The number of hydrogen-bond donors (Lipinski definition) is 1. The molecule has 2 aromatic carbocycles. The number of piperidine rings is 1. The van der Waals surface area contributed by atoms with Crippen LogP contribution in [0.25, 0.3) is 22.2 Å². The standard InChI is InChI=1S/C26H30ClN3O2/c1-18-23(25(32)30-14-12-26(17-31,13-15-30)16-29(2)3)21-6-4-5-7-22(21)28-24(18)19-8-10-20(27)11-9-19/h4-11,31H,12-17H2,1-3H3. The Kier molecular flexibility index (Phi) is 6.52. The van der Waals surface area contributed by atoms with Gasteiger partial charge in [0.1, 0.15) is 0 Å². The number of aliphatic hydroxyl groups excluding tert-OH is 1. The fourth-order valence-corrected chi connectivity index (χ4v) is 4.98. The predicted molar refractivity (Wildman–Crippen MR) is 130 cm³/mol. The van der Waals surface area contributed by atoms with Crippen molar-refractivity contribution >= 4 is 28.4 Å². The first-order valence-corrected chi connectivity index (χ1v) is 11.4. The topological polar surface area (TPSA) is 56.7 Å². The van der Waals surface area contributed by atoms with Gasteiger partial charge in [-0.1, -0.05) is 41.9 Å². The Morgan fingerprint density at radius 1 is 1.12 bits per heavy atom. The Bertz CT molecular complexity index is 1120. The van der Waals surface area contributed by atoms with Gasteiger partial charge < -0.3 is 14.9 Å². The van der Waals surface area contributed by atoms with Crippen LogP contribution in [0.3, 0.4) is 0 Å². The molecule has 1 fully saturated rings. The molecule has 1 aliphatic heterocycles. The molecule has 1 N–H and O–H groups in total. The zero-order chi connectivity index (χ0) is 22.9. The van der Waals surface area contributed by atoms with E-state index in [0.29, 0.717) is 23.7 Å². The number of para-hydroxylation sites is 1. The first-order valence-electron chi connectivity index (χ1n) is 11.0. The fourth-order valence-electron chi connectivity index (χ4n) is 4.85. The molecule has 6 heteroatoms. The van der Waals surface area contributed by atoms with Crippen LogP contribution in [0.1, 0.15) is 28.8 Å². The monoisotopic (exact) mass is 451 g/mol. The summed E-state index contributed by atoms with van der Waals surface area (Å²) in [6.07, 6.45) is 1.58. The molecule has 0 unspecified atom stereocenters. The molecule has 0 spiro atoms. The van der Waals surface area contributed by atoms with Crippen LogP contribution in [0.15, 0.2) is 48.5 Å². The number of likely N-dealkylation sites (tertiary alicyclic amines) is 1. The Hall–Kier alpha value is -2.47. The first kappa shape index (κ1) is 22.7. The molecule has 1 aliphatic rings. The van der Waals surface area contributed by atoms with Gasteiger partial charge in [-0.15, -0.1) is 0 Å². The van der Waals surface area contributed by atoms with Crippen LogP contribution in [-0.4, -0.2) is 66.1 Å². The number of aliphatic hydroxyl groups is 1. The minimum absolute atomic E-state index is 0.0349. The summed E-state index contributed by atoms with van der Waals surface area (Å²) < 4.78 is 0. The summed E-state index contributed by atoms with van der Waals surface area (Å²) in [4.78, 5) is 22.7. The molecular formula is C26H30ClN3O2. The maximum absolute atomic E-state index is 13.8. The van der Waals surface area contributed by atoms with Gasteiger partial charge in [0.25, 0.3) is 5.91 Å². The summed E-state index contributed by atoms with van der Waals surface area (Å²) in [5, 5.41) is 11.6. The molecule has 5 nitrogen and oxygen atoms in total. The number of aromatic nitrogens is 1. The van der Waals surface area contributed by atoms with E-state index in [4.69, 9.17) is 16.6 Å². The minimum atomic E-state index is -0.149.